The maximum Gasteiger partial charge on any atom is 0.0867 e. The quantitative estimate of drug-likeness (QED) is 0.713. The molecule has 0 aliphatic carbocycles. The zero-order valence-electron chi connectivity index (χ0n) is 9.33. The van der Waals surface area contributed by atoms with Crippen molar-refractivity contribution in [1.29, 1.82) is 0 Å². The van der Waals surface area contributed by atoms with Gasteiger partial charge in [0.2, 0.25) is 0 Å². The molecule has 1 aromatic rings. The Kier molecular flexibility index (Phi) is 4.12. The average Bonchev–Trinajstić information content (AvgIpc) is 2.28. The predicted octanol–water partition coefficient (Wildman–Crippen LogP) is 4.44. The van der Waals surface area contributed by atoms with E-state index in [4.69, 9.17) is 27.9 Å². The summed E-state index contributed by atoms with van der Waals surface area (Å²) in [5, 5.41) is 0.968. The Hall–Kier alpha value is -0.240. The summed E-state index contributed by atoms with van der Waals surface area (Å²) >= 11 is 12.4. The maximum atomic E-state index is 6.35. The van der Waals surface area contributed by atoms with Crippen molar-refractivity contribution in [3.05, 3.63) is 34.9 Å². The van der Waals surface area contributed by atoms with Gasteiger partial charge in [0.25, 0.3) is 0 Å². The first kappa shape index (κ1) is 12.2. The van der Waals surface area contributed by atoms with Crippen LogP contribution in [-0.4, -0.2) is 12.0 Å². The molecule has 1 aromatic carbocycles. The molecule has 88 valence electrons. The first-order valence-electron chi connectivity index (χ1n) is 5.73. The van der Waals surface area contributed by atoms with E-state index in [1.807, 2.05) is 18.2 Å². The number of ether oxygens (including phenoxy) is 1. The van der Waals surface area contributed by atoms with Gasteiger partial charge in [0.15, 0.2) is 0 Å². The van der Waals surface area contributed by atoms with Crippen LogP contribution < -0.4 is 0 Å². The topological polar surface area (TPSA) is 9.23 Å². The highest BCUT2D eigenvalue weighted by atomic mass is 35.5. The number of alkyl halides is 1. The summed E-state index contributed by atoms with van der Waals surface area (Å²) in [6, 6.07) is 7.89. The molecular formula is C13H16Cl2O. The lowest BCUT2D eigenvalue weighted by atomic mass is 9.87. The molecule has 0 amide bonds. The van der Waals surface area contributed by atoms with Crippen molar-refractivity contribution in [2.24, 2.45) is 5.92 Å². The van der Waals surface area contributed by atoms with Gasteiger partial charge in [0.1, 0.15) is 0 Å². The Morgan fingerprint density at radius 1 is 1.44 bits per heavy atom. The summed E-state index contributed by atoms with van der Waals surface area (Å²) in [5.41, 5.74) is 1.14. The van der Waals surface area contributed by atoms with Gasteiger partial charge < -0.3 is 4.74 Å². The fourth-order valence-electron chi connectivity index (χ4n) is 2.33. The molecule has 1 nitrogen and oxygen atoms in total. The summed E-state index contributed by atoms with van der Waals surface area (Å²) in [5.74, 6) is 0.383. The summed E-state index contributed by atoms with van der Waals surface area (Å²) in [6.07, 6.45) is 2.07. The lowest BCUT2D eigenvalue weighted by molar-refractivity contribution is -0.0269. The molecule has 1 aliphatic rings. The molecule has 3 heteroatoms. The van der Waals surface area contributed by atoms with Crippen LogP contribution in [0.3, 0.4) is 0 Å². The highest BCUT2D eigenvalue weighted by Crippen LogP contribution is 2.38. The second-order valence-corrected chi connectivity index (χ2v) is 5.22. The van der Waals surface area contributed by atoms with E-state index in [-0.39, 0.29) is 11.5 Å². The first-order chi connectivity index (χ1) is 7.72. The number of hydrogen-bond acceptors (Lipinski definition) is 1. The fourth-order valence-corrected chi connectivity index (χ4v) is 2.93. The first-order valence-corrected chi connectivity index (χ1v) is 6.55. The second-order valence-electron chi connectivity index (χ2n) is 4.22. The molecule has 0 N–H and O–H groups in total. The van der Waals surface area contributed by atoms with Crippen LogP contribution in [0.4, 0.5) is 0 Å². The van der Waals surface area contributed by atoms with Crippen LogP contribution in [-0.2, 0) is 4.74 Å². The van der Waals surface area contributed by atoms with Crippen molar-refractivity contribution >= 4 is 23.2 Å². The van der Waals surface area contributed by atoms with E-state index in [9.17, 15) is 0 Å². The number of rotatable bonds is 2. The van der Waals surface area contributed by atoms with Gasteiger partial charge in [0, 0.05) is 22.9 Å². The molecule has 1 fully saturated rings. The maximum absolute atomic E-state index is 6.35. The molecule has 0 spiro atoms. The normalized spacial score (nSPS) is 30.3. The Bertz CT molecular complexity index is 354. The minimum absolute atomic E-state index is 0.0972. The largest absolute Gasteiger partial charge is 0.373 e. The zero-order valence-corrected chi connectivity index (χ0v) is 10.8. The SMILES string of the molecule is CC[C@@H]1[C@H](Cl)CCO[C@@H]1c1cccc(Cl)c1. The smallest absolute Gasteiger partial charge is 0.0867 e. The molecule has 2 rings (SSSR count). The predicted molar refractivity (Wildman–Crippen MR) is 68.2 cm³/mol. The van der Waals surface area contributed by atoms with Gasteiger partial charge in [-0.05, 0) is 30.5 Å². The average molecular weight is 259 g/mol. The van der Waals surface area contributed by atoms with Crippen molar-refractivity contribution in [2.45, 2.75) is 31.2 Å². The summed E-state index contributed by atoms with van der Waals surface area (Å²) in [4.78, 5) is 0. The van der Waals surface area contributed by atoms with Crippen LogP contribution >= 0.6 is 23.2 Å². The van der Waals surface area contributed by atoms with E-state index in [0.29, 0.717) is 5.92 Å². The molecule has 0 bridgehead atoms. The highest BCUT2D eigenvalue weighted by molar-refractivity contribution is 6.30. The van der Waals surface area contributed by atoms with Crippen molar-refractivity contribution in [2.75, 3.05) is 6.61 Å². The number of halogens is 2. The monoisotopic (exact) mass is 258 g/mol. The Morgan fingerprint density at radius 3 is 2.94 bits per heavy atom. The Morgan fingerprint density at radius 2 is 2.25 bits per heavy atom. The Balaban J connectivity index is 2.24. The summed E-state index contributed by atoms with van der Waals surface area (Å²) in [7, 11) is 0. The van der Waals surface area contributed by atoms with Crippen LogP contribution in [0.2, 0.25) is 5.02 Å². The van der Waals surface area contributed by atoms with Crippen molar-refractivity contribution in [1.82, 2.24) is 0 Å². The lowest BCUT2D eigenvalue weighted by Crippen LogP contribution is -2.31. The van der Waals surface area contributed by atoms with Crippen LogP contribution in [0.5, 0.6) is 0 Å². The van der Waals surface area contributed by atoms with Gasteiger partial charge >= 0.3 is 0 Å². The highest BCUT2D eigenvalue weighted by Gasteiger charge is 2.32. The van der Waals surface area contributed by atoms with Crippen molar-refractivity contribution in [3.8, 4) is 0 Å². The van der Waals surface area contributed by atoms with Gasteiger partial charge in [-0.2, -0.15) is 0 Å². The number of benzene rings is 1. The molecule has 0 aromatic heterocycles. The summed E-state index contributed by atoms with van der Waals surface area (Å²) in [6.45, 7) is 2.90. The second kappa shape index (κ2) is 5.39. The Labute approximate surface area is 107 Å². The molecule has 3 atom stereocenters. The fraction of sp³-hybridized carbons (Fsp3) is 0.538. The molecule has 1 aliphatic heterocycles. The third-order valence-electron chi connectivity index (χ3n) is 3.19. The molecule has 16 heavy (non-hydrogen) atoms. The minimum atomic E-state index is 0.0972. The zero-order chi connectivity index (χ0) is 11.5. The van der Waals surface area contributed by atoms with Crippen LogP contribution in [0.25, 0.3) is 0 Å². The minimum Gasteiger partial charge on any atom is -0.373 e. The van der Waals surface area contributed by atoms with Crippen LogP contribution in [0.1, 0.15) is 31.4 Å². The van der Waals surface area contributed by atoms with Crippen LogP contribution in [0.15, 0.2) is 24.3 Å². The third kappa shape index (κ3) is 2.53. The molecule has 0 unspecified atom stereocenters. The van der Waals surface area contributed by atoms with Gasteiger partial charge in [-0.25, -0.2) is 0 Å². The molecule has 1 saturated heterocycles. The van der Waals surface area contributed by atoms with Crippen molar-refractivity contribution in [3.63, 3.8) is 0 Å². The van der Waals surface area contributed by atoms with Crippen LogP contribution in [0, 0.1) is 5.92 Å². The molecule has 0 saturated carbocycles. The molecular weight excluding hydrogens is 243 g/mol. The van der Waals surface area contributed by atoms with E-state index in [0.717, 1.165) is 30.0 Å². The lowest BCUT2D eigenvalue weighted by Gasteiger charge is -2.35. The molecule has 0 radical (unpaired) electrons. The van der Waals surface area contributed by atoms with Crippen molar-refractivity contribution < 1.29 is 4.74 Å². The van der Waals surface area contributed by atoms with E-state index >= 15 is 0 Å². The molecule has 1 heterocycles. The number of hydrogen-bond donors (Lipinski definition) is 0. The van der Waals surface area contributed by atoms with Gasteiger partial charge in [-0.1, -0.05) is 30.7 Å². The van der Waals surface area contributed by atoms with E-state index in [2.05, 4.69) is 13.0 Å². The van der Waals surface area contributed by atoms with Gasteiger partial charge in [-0.15, -0.1) is 11.6 Å². The van der Waals surface area contributed by atoms with E-state index in [1.165, 1.54) is 0 Å². The van der Waals surface area contributed by atoms with E-state index < -0.39 is 0 Å². The summed E-state index contributed by atoms with van der Waals surface area (Å²) < 4.78 is 5.85. The standard InChI is InChI=1S/C13H16Cl2O/c1-2-11-12(15)6-7-16-13(11)9-4-3-5-10(14)8-9/h3-5,8,11-13H,2,6-7H2,1H3/t11-,12-,13-/m1/s1. The van der Waals surface area contributed by atoms with Gasteiger partial charge in [0.05, 0.1) is 6.10 Å². The third-order valence-corrected chi connectivity index (χ3v) is 3.97. The van der Waals surface area contributed by atoms with Gasteiger partial charge in [-0.3, -0.25) is 0 Å². The van der Waals surface area contributed by atoms with E-state index in [1.54, 1.807) is 0 Å².